The van der Waals surface area contributed by atoms with Crippen molar-refractivity contribution >= 4 is 5.91 Å². The van der Waals surface area contributed by atoms with Crippen LogP contribution in [0.2, 0.25) is 0 Å². The molecule has 2 aromatic heterocycles. The van der Waals surface area contributed by atoms with Crippen LogP contribution in [0.4, 0.5) is 0 Å². The zero-order valence-corrected chi connectivity index (χ0v) is 13.7. The number of imidazole rings is 1. The highest BCUT2D eigenvalue weighted by atomic mass is 16.5. The molecule has 0 saturated carbocycles. The van der Waals surface area contributed by atoms with Crippen molar-refractivity contribution in [1.82, 2.24) is 19.4 Å². The number of carbonyl (C=O) groups is 1. The minimum absolute atomic E-state index is 0.0430. The van der Waals surface area contributed by atoms with Crippen molar-refractivity contribution in [2.45, 2.75) is 19.1 Å². The number of benzene rings is 1. The van der Waals surface area contributed by atoms with Crippen molar-refractivity contribution in [2.75, 3.05) is 6.61 Å². The molecule has 1 aliphatic heterocycles. The number of nitrogens with zero attached hydrogens (tertiary/aromatic N) is 4. The van der Waals surface area contributed by atoms with E-state index in [1.54, 1.807) is 37.1 Å². The van der Waals surface area contributed by atoms with Crippen molar-refractivity contribution in [3.05, 3.63) is 78.6 Å². The second-order valence-corrected chi connectivity index (χ2v) is 6.01. The molecule has 0 aliphatic carbocycles. The van der Waals surface area contributed by atoms with Crippen molar-refractivity contribution in [1.29, 1.82) is 0 Å². The summed E-state index contributed by atoms with van der Waals surface area (Å²) in [5, 5.41) is 0. The summed E-state index contributed by atoms with van der Waals surface area (Å²) in [5.74, 6) is 0.790. The fourth-order valence-corrected chi connectivity index (χ4v) is 3.05. The Morgan fingerprint density at radius 2 is 2.08 bits per heavy atom. The van der Waals surface area contributed by atoms with Gasteiger partial charge in [0, 0.05) is 36.9 Å². The van der Waals surface area contributed by atoms with Crippen LogP contribution < -0.4 is 4.74 Å². The number of fused-ring (bicyclic) bond motifs is 1. The smallest absolute Gasteiger partial charge is 0.256 e. The van der Waals surface area contributed by atoms with E-state index in [-0.39, 0.29) is 11.9 Å². The average Bonchev–Trinajstić information content (AvgIpc) is 3.10. The zero-order chi connectivity index (χ0) is 17.1. The van der Waals surface area contributed by atoms with Gasteiger partial charge in [0.05, 0.1) is 24.5 Å². The number of rotatable bonds is 3. The monoisotopic (exact) mass is 334 g/mol. The van der Waals surface area contributed by atoms with Crippen LogP contribution in [0.25, 0.3) is 0 Å². The minimum Gasteiger partial charge on any atom is -0.491 e. The quantitative estimate of drug-likeness (QED) is 0.738. The third-order valence-corrected chi connectivity index (χ3v) is 4.34. The molecule has 1 aliphatic rings. The Morgan fingerprint density at radius 3 is 2.88 bits per heavy atom. The van der Waals surface area contributed by atoms with E-state index in [0.29, 0.717) is 25.3 Å². The Hall–Kier alpha value is -3.15. The van der Waals surface area contributed by atoms with Crippen LogP contribution in [-0.4, -0.2) is 38.0 Å². The normalized spacial score (nSPS) is 16.6. The van der Waals surface area contributed by atoms with Crippen LogP contribution in [0.1, 0.15) is 15.9 Å². The van der Waals surface area contributed by atoms with Gasteiger partial charge in [0.1, 0.15) is 12.4 Å². The van der Waals surface area contributed by atoms with E-state index < -0.39 is 0 Å². The number of aromatic nitrogens is 3. The number of pyridine rings is 1. The molecule has 3 heterocycles. The van der Waals surface area contributed by atoms with E-state index >= 15 is 0 Å². The van der Waals surface area contributed by atoms with Gasteiger partial charge in [-0.3, -0.25) is 9.78 Å². The summed E-state index contributed by atoms with van der Waals surface area (Å²) in [6, 6.07) is 11.3. The molecule has 0 bridgehead atoms. The van der Waals surface area contributed by atoms with Gasteiger partial charge in [0.2, 0.25) is 0 Å². The lowest BCUT2D eigenvalue weighted by Crippen LogP contribution is -2.44. The molecule has 4 rings (SSSR count). The molecule has 0 N–H and O–H groups in total. The van der Waals surface area contributed by atoms with Crippen LogP contribution in [0.3, 0.4) is 0 Å². The Balaban J connectivity index is 1.67. The number of carbonyl (C=O) groups excluding carboxylic acids is 1. The third-order valence-electron chi connectivity index (χ3n) is 4.34. The highest BCUT2D eigenvalue weighted by molar-refractivity contribution is 5.94. The van der Waals surface area contributed by atoms with Gasteiger partial charge < -0.3 is 14.2 Å². The SMILES string of the molecule is O=C(c1cccnc1)N1Cc2ccccc2OC[C@H]1Cn1ccnc1. The van der Waals surface area contributed by atoms with Crippen molar-refractivity contribution in [3.8, 4) is 5.75 Å². The molecular formula is C19H18N4O2. The van der Waals surface area contributed by atoms with Gasteiger partial charge in [-0.15, -0.1) is 0 Å². The fourth-order valence-electron chi connectivity index (χ4n) is 3.05. The lowest BCUT2D eigenvalue weighted by atomic mass is 10.1. The first-order chi connectivity index (χ1) is 12.3. The number of para-hydroxylation sites is 1. The lowest BCUT2D eigenvalue weighted by Gasteiger charge is -2.29. The van der Waals surface area contributed by atoms with Crippen LogP contribution in [0.5, 0.6) is 5.75 Å². The molecule has 25 heavy (non-hydrogen) atoms. The molecule has 126 valence electrons. The van der Waals surface area contributed by atoms with Crippen molar-refractivity contribution in [3.63, 3.8) is 0 Å². The molecule has 1 amide bonds. The van der Waals surface area contributed by atoms with Gasteiger partial charge in [-0.05, 0) is 18.2 Å². The zero-order valence-electron chi connectivity index (χ0n) is 13.7. The molecular weight excluding hydrogens is 316 g/mol. The van der Waals surface area contributed by atoms with E-state index in [0.717, 1.165) is 11.3 Å². The topological polar surface area (TPSA) is 60.3 Å². The van der Waals surface area contributed by atoms with Gasteiger partial charge in [0.15, 0.2) is 0 Å². The number of hydrogen-bond donors (Lipinski definition) is 0. The molecule has 1 atom stereocenters. The van der Waals surface area contributed by atoms with Crippen LogP contribution >= 0.6 is 0 Å². The molecule has 1 aromatic carbocycles. The molecule has 6 heteroatoms. The van der Waals surface area contributed by atoms with Gasteiger partial charge in [-0.1, -0.05) is 18.2 Å². The second-order valence-electron chi connectivity index (χ2n) is 6.01. The molecule has 3 aromatic rings. The summed E-state index contributed by atoms with van der Waals surface area (Å²) in [6.07, 6.45) is 8.66. The van der Waals surface area contributed by atoms with E-state index in [2.05, 4.69) is 9.97 Å². The van der Waals surface area contributed by atoms with E-state index in [9.17, 15) is 4.79 Å². The Bertz CT molecular complexity index is 849. The summed E-state index contributed by atoms with van der Waals surface area (Å²) < 4.78 is 7.95. The van der Waals surface area contributed by atoms with Gasteiger partial charge >= 0.3 is 0 Å². The summed E-state index contributed by atoms with van der Waals surface area (Å²) in [6.45, 7) is 1.56. The highest BCUT2D eigenvalue weighted by Gasteiger charge is 2.29. The number of ether oxygens (including phenoxy) is 1. The summed E-state index contributed by atoms with van der Waals surface area (Å²) in [5.41, 5.74) is 1.59. The molecule has 0 spiro atoms. The maximum Gasteiger partial charge on any atom is 0.256 e. The maximum absolute atomic E-state index is 13.1. The Labute approximate surface area is 145 Å². The van der Waals surface area contributed by atoms with Crippen LogP contribution in [-0.2, 0) is 13.1 Å². The molecule has 6 nitrogen and oxygen atoms in total. The first-order valence-electron chi connectivity index (χ1n) is 8.19. The van der Waals surface area contributed by atoms with E-state index in [4.69, 9.17) is 4.74 Å². The van der Waals surface area contributed by atoms with Gasteiger partial charge in [0.25, 0.3) is 5.91 Å². The number of amides is 1. The van der Waals surface area contributed by atoms with Crippen molar-refractivity contribution in [2.24, 2.45) is 0 Å². The Kier molecular flexibility index (Phi) is 4.16. The second kappa shape index (κ2) is 6.76. The highest BCUT2D eigenvalue weighted by Crippen LogP contribution is 2.26. The maximum atomic E-state index is 13.1. The largest absolute Gasteiger partial charge is 0.491 e. The summed E-state index contributed by atoms with van der Waals surface area (Å²) in [7, 11) is 0. The molecule has 0 fully saturated rings. The summed E-state index contributed by atoms with van der Waals surface area (Å²) in [4.78, 5) is 23.1. The van der Waals surface area contributed by atoms with Gasteiger partial charge in [-0.2, -0.15) is 0 Å². The van der Waals surface area contributed by atoms with Crippen LogP contribution in [0, 0.1) is 0 Å². The standard InChI is InChI=1S/C19H18N4O2/c24-19(15-5-3-7-20-10-15)23-11-16-4-1-2-6-18(16)25-13-17(23)12-22-9-8-21-14-22/h1-10,14,17H,11-13H2/t17-/m1/s1. The minimum atomic E-state index is -0.102. The van der Waals surface area contributed by atoms with Gasteiger partial charge in [-0.25, -0.2) is 4.98 Å². The molecule has 0 unspecified atom stereocenters. The van der Waals surface area contributed by atoms with Crippen molar-refractivity contribution < 1.29 is 9.53 Å². The lowest BCUT2D eigenvalue weighted by molar-refractivity contribution is 0.0598. The van der Waals surface area contributed by atoms with E-state index in [1.165, 1.54) is 0 Å². The predicted octanol–water partition coefficient (Wildman–Crippen LogP) is 2.38. The summed E-state index contributed by atoms with van der Waals surface area (Å²) >= 11 is 0. The first-order valence-corrected chi connectivity index (χ1v) is 8.19. The Morgan fingerprint density at radius 1 is 1.16 bits per heavy atom. The third kappa shape index (κ3) is 3.24. The predicted molar refractivity (Wildman–Crippen MR) is 92.1 cm³/mol. The fraction of sp³-hybridized carbons (Fsp3) is 0.211. The average molecular weight is 334 g/mol. The van der Waals surface area contributed by atoms with Crippen LogP contribution in [0.15, 0.2) is 67.5 Å². The molecule has 0 radical (unpaired) electrons. The molecule has 0 saturated heterocycles. The van der Waals surface area contributed by atoms with E-state index in [1.807, 2.05) is 39.9 Å². The number of hydrogen-bond acceptors (Lipinski definition) is 4. The first kappa shape index (κ1) is 15.4.